The van der Waals surface area contributed by atoms with Gasteiger partial charge in [0.2, 0.25) is 0 Å². The average molecular weight is 330 g/mol. The van der Waals surface area contributed by atoms with Gasteiger partial charge < -0.3 is 9.05 Å². The molecule has 0 atom stereocenters. The molecule has 0 saturated heterocycles. The van der Waals surface area contributed by atoms with Gasteiger partial charge in [-0.2, -0.15) is 0 Å². The number of hydrogen-bond donors (Lipinski definition) is 1. The van der Waals surface area contributed by atoms with Crippen LogP contribution in [0.1, 0.15) is 19.3 Å². The molecule has 0 fully saturated rings. The maximum Gasteiger partial charge on any atom is 0.542 e. The van der Waals surface area contributed by atoms with E-state index in [-0.39, 0.29) is 0 Å². The Labute approximate surface area is 135 Å². The highest BCUT2D eigenvalue weighted by Gasteiger charge is 2.30. The van der Waals surface area contributed by atoms with E-state index in [2.05, 4.69) is 10.1 Å². The van der Waals surface area contributed by atoms with Gasteiger partial charge in [-0.1, -0.05) is 36.4 Å². The molecular weight excluding hydrogens is 311 g/mol. The van der Waals surface area contributed by atoms with E-state index in [0.717, 1.165) is 25.8 Å². The van der Waals surface area contributed by atoms with Crippen molar-refractivity contribution in [2.45, 2.75) is 19.3 Å². The Morgan fingerprint density at radius 3 is 1.91 bits per heavy atom. The van der Waals surface area contributed by atoms with Crippen molar-refractivity contribution in [3.8, 4) is 11.5 Å². The summed E-state index contributed by atoms with van der Waals surface area (Å²) >= 11 is 0. The van der Waals surface area contributed by atoms with Gasteiger partial charge in [-0.3, -0.25) is 10.1 Å². The fourth-order valence-corrected chi connectivity index (χ4v) is 3.68. The van der Waals surface area contributed by atoms with Gasteiger partial charge in [0.25, 0.3) is 0 Å². The number of rotatable bonds is 5. The van der Waals surface area contributed by atoms with Gasteiger partial charge in [-0.05, 0) is 37.1 Å². The predicted octanol–water partition coefficient (Wildman–Crippen LogP) is 4.42. The largest absolute Gasteiger partial charge is 0.542 e. The lowest BCUT2D eigenvalue weighted by Gasteiger charge is -2.23. The monoisotopic (exact) mass is 330 g/mol. The van der Waals surface area contributed by atoms with Crippen molar-refractivity contribution in [3.63, 3.8) is 0 Å². The lowest BCUT2D eigenvalue weighted by molar-refractivity contribution is 0.380. The molecule has 1 N–H and O–H groups in total. The minimum absolute atomic E-state index is 0.482. The van der Waals surface area contributed by atoms with Gasteiger partial charge in [-0.25, -0.2) is 4.57 Å². The van der Waals surface area contributed by atoms with E-state index in [1.54, 1.807) is 24.3 Å². The Balaban J connectivity index is 1.82. The van der Waals surface area contributed by atoms with Crippen LogP contribution in [0.4, 0.5) is 0 Å². The second-order valence-electron chi connectivity index (χ2n) is 5.20. The Hall–Kier alpha value is -2.26. The molecule has 0 aliphatic carbocycles. The average Bonchev–Trinajstić information content (AvgIpc) is 2.57. The second-order valence-corrected chi connectivity index (χ2v) is 6.79. The zero-order valence-electron chi connectivity index (χ0n) is 12.7. The van der Waals surface area contributed by atoms with Crippen molar-refractivity contribution in [1.82, 2.24) is 5.09 Å². The summed E-state index contributed by atoms with van der Waals surface area (Å²) in [4.78, 5) is 4.37. The standard InChI is InChI=1S/C17H19N2O3P/c20-23(19-17-13-7-8-14-18-17,21-15-9-3-1-4-10-15)22-16-11-5-2-6-12-16/h1-6,9-12H,7-8,13-14H2,(H,18,19,20). The molecule has 1 heterocycles. The van der Waals surface area contributed by atoms with E-state index in [9.17, 15) is 4.57 Å². The molecule has 0 amide bonds. The lowest BCUT2D eigenvalue weighted by Crippen LogP contribution is -2.27. The summed E-state index contributed by atoms with van der Waals surface area (Å²) in [6.07, 6.45) is 2.82. The van der Waals surface area contributed by atoms with Crippen LogP contribution in [-0.2, 0) is 4.57 Å². The molecule has 2 aromatic rings. The molecule has 0 saturated carbocycles. The van der Waals surface area contributed by atoms with Crippen molar-refractivity contribution in [2.75, 3.05) is 6.54 Å². The van der Waals surface area contributed by atoms with E-state index in [1.807, 2.05) is 36.4 Å². The molecule has 6 heteroatoms. The molecule has 0 aromatic heterocycles. The summed E-state index contributed by atoms with van der Waals surface area (Å²) in [5, 5.41) is 2.89. The van der Waals surface area contributed by atoms with Crippen LogP contribution < -0.4 is 14.1 Å². The molecule has 0 radical (unpaired) electrons. The third kappa shape index (κ3) is 4.60. The normalized spacial score (nSPS) is 14.7. The van der Waals surface area contributed by atoms with Crippen molar-refractivity contribution in [3.05, 3.63) is 60.7 Å². The molecule has 5 nitrogen and oxygen atoms in total. The number of para-hydroxylation sites is 2. The second kappa shape index (κ2) is 7.34. The van der Waals surface area contributed by atoms with Crippen LogP contribution in [0.5, 0.6) is 11.5 Å². The highest BCUT2D eigenvalue weighted by Crippen LogP contribution is 2.45. The Kier molecular flexibility index (Phi) is 4.99. The van der Waals surface area contributed by atoms with Crippen molar-refractivity contribution < 1.29 is 13.6 Å². The van der Waals surface area contributed by atoms with Gasteiger partial charge >= 0.3 is 7.75 Å². The van der Waals surface area contributed by atoms with Gasteiger partial charge in [0.15, 0.2) is 0 Å². The van der Waals surface area contributed by atoms with Crippen LogP contribution in [0.15, 0.2) is 65.7 Å². The summed E-state index contributed by atoms with van der Waals surface area (Å²) < 4.78 is 24.5. The topological polar surface area (TPSA) is 59.9 Å². The third-order valence-corrected chi connectivity index (χ3v) is 4.76. The van der Waals surface area contributed by atoms with Gasteiger partial charge in [-0.15, -0.1) is 0 Å². The molecule has 3 rings (SSSR count). The first-order valence-corrected chi connectivity index (χ1v) is 9.19. The lowest BCUT2D eigenvalue weighted by atomic mass is 10.2. The van der Waals surface area contributed by atoms with Crippen LogP contribution in [0.3, 0.4) is 0 Å². The van der Waals surface area contributed by atoms with E-state index in [0.29, 0.717) is 17.3 Å². The van der Waals surface area contributed by atoms with Crippen molar-refractivity contribution >= 4 is 13.6 Å². The number of aliphatic imine (C=N–C) groups is 1. The Morgan fingerprint density at radius 2 is 1.43 bits per heavy atom. The predicted molar refractivity (Wildman–Crippen MR) is 91.0 cm³/mol. The molecule has 23 heavy (non-hydrogen) atoms. The fraction of sp³-hybridized carbons (Fsp3) is 0.235. The minimum atomic E-state index is -3.61. The third-order valence-electron chi connectivity index (χ3n) is 3.33. The van der Waals surface area contributed by atoms with Crippen molar-refractivity contribution in [2.24, 2.45) is 4.99 Å². The molecular formula is C17H19N2O3P. The highest BCUT2D eigenvalue weighted by molar-refractivity contribution is 7.53. The molecule has 2 aromatic carbocycles. The maximum absolute atomic E-state index is 13.2. The molecule has 120 valence electrons. The SMILES string of the molecule is O=P(NC1=NCCCC1)(Oc1ccccc1)Oc1ccccc1. The summed E-state index contributed by atoms with van der Waals surface area (Å²) in [5.41, 5.74) is 0. The summed E-state index contributed by atoms with van der Waals surface area (Å²) in [7, 11) is -3.61. The Morgan fingerprint density at radius 1 is 0.870 bits per heavy atom. The van der Waals surface area contributed by atoms with E-state index < -0.39 is 7.75 Å². The minimum Gasteiger partial charge on any atom is -0.400 e. The molecule has 0 spiro atoms. The summed E-state index contributed by atoms with van der Waals surface area (Å²) in [6, 6.07) is 18.0. The van der Waals surface area contributed by atoms with Gasteiger partial charge in [0.1, 0.15) is 17.3 Å². The number of benzene rings is 2. The molecule has 0 bridgehead atoms. The van der Waals surface area contributed by atoms with Crippen molar-refractivity contribution in [1.29, 1.82) is 0 Å². The Bertz CT molecular complexity index is 659. The zero-order valence-corrected chi connectivity index (χ0v) is 13.6. The first kappa shape index (κ1) is 15.6. The first-order chi connectivity index (χ1) is 11.2. The quantitative estimate of drug-likeness (QED) is 0.824. The molecule has 1 aliphatic heterocycles. The van der Waals surface area contributed by atoms with E-state index in [1.165, 1.54) is 0 Å². The van der Waals surface area contributed by atoms with E-state index in [4.69, 9.17) is 9.05 Å². The van der Waals surface area contributed by atoms with Crippen LogP contribution >= 0.6 is 7.75 Å². The number of nitrogens with one attached hydrogen (secondary N) is 1. The first-order valence-electron chi connectivity index (χ1n) is 7.64. The summed E-state index contributed by atoms with van der Waals surface area (Å²) in [5.74, 6) is 1.64. The zero-order chi connectivity index (χ0) is 16.0. The highest BCUT2D eigenvalue weighted by atomic mass is 31.2. The van der Waals surface area contributed by atoms with Crippen LogP contribution in [0.2, 0.25) is 0 Å². The molecule has 0 unspecified atom stereocenters. The summed E-state index contributed by atoms with van der Waals surface area (Å²) in [6.45, 7) is 0.735. The van der Waals surface area contributed by atoms with Gasteiger partial charge in [0, 0.05) is 13.0 Å². The van der Waals surface area contributed by atoms with Gasteiger partial charge in [0.05, 0.1) is 0 Å². The van der Waals surface area contributed by atoms with Crippen LogP contribution in [-0.4, -0.2) is 12.4 Å². The van der Waals surface area contributed by atoms with E-state index >= 15 is 0 Å². The molecule has 1 aliphatic rings. The fourth-order valence-electron chi connectivity index (χ4n) is 2.25. The smallest absolute Gasteiger partial charge is 0.400 e. The number of nitrogens with zero attached hydrogens (tertiary/aromatic N) is 1. The van der Waals surface area contributed by atoms with Crippen LogP contribution in [0, 0.1) is 0 Å². The van der Waals surface area contributed by atoms with Crippen LogP contribution in [0.25, 0.3) is 0 Å². The number of hydrogen-bond acceptors (Lipinski definition) is 4. The maximum atomic E-state index is 13.2. The number of amidine groups is 1.